The van der Waals surface area contributed by atoms with Crippen molar-refractivity contribution >= 4 is 11.9 Å². The molecule has 0 atom stereocenters. The maximum atomic E-state index is 13.6. The molecular formula is C23H14FN3O. The van der Waals surface area contributed by atoms with Gasteiger partial charge in [-0.3, -0.25) is 4.79 Å². The van der Waals surface area contributed by atoms with Crippen molar-refractivity contribution in [3.05, 3.63) is 113 Å². The second-order valence-electron chi connectivity index (χ2n) is 5.83. The molecule has 1 aliphatic heterocycles. The fourth-order valence-electron chi connectivity index (χ4n) is 2.73. The number of Topliss-reactive ketones (excluding diaryl/α,β-unsaturated/α-hetero) is 1. The Labute approximate surface area is 162 Å². The van der Waals surface area contributed by atoms with Gasteiger partial charge in [-0.15, -0.1) is 0 Å². The molecule has 0 amide bonds. The first-order valence-corrected chi connectivity index (χ1v) is 8.39. The van der Waals surface area contributed by atoms with Gasteiger partial charge in [0.25, 0.3) is 0 Å². The molecule has 3 rings (SSSR count). The Kier molecular flexibility index (Phi) is 5.60. The van der Waals surface area contributed by atoms with Gasteiger partial charge in [-0.25, -0.2) is 4.39 Å². The maximum absolute atomic E-state index is 13.6. The lowest BCUT2D eigenvalue weighted by Crippen LogP contribution is -2.24. The Bertz CT molecular complexity index is 1100. The zero-order chi connectivity index (χ0) is 19.9. The molecule has 134 valence electrons. The van der Waals surface area contributed by atoms with Crippen LogP contribution in [0.25, 0.3) is 6.08 Å². The summed E-state index contributed by atoms with van der Waals surface area (Å²) in [5, 5.41) is 18.6. The fraction of sp³-hybridized carbons (Fsp3) is 0. The molecule has 0 saturated heterocycles. The summed E-state index contributed by atoms with van der Waals surface area (Å²) in [4.78, 5) is 14.7. The van der Waals surface area contributed by atoms with Crippen molar-refractivity contribution in [1.29, 1.82) is 10.5 Å². The van der Waals surface area contributed by atoms with E-state index >= 15 is 0 Å². The van der Waals surface area contributed by atoms with Crippen LogP contribution in [0.2, 0.25) is 0 Å². The highest BCUT2D eigenvalue weighted by Crippen LogP contribution is 2.26. The third-order valence-electron chi connectivity index (χ3n) is 4.02. The van der Waals surface area contributed by atoms with Crippen LogP contribution >= 0.6 is 0 Å². The van der Waals surface area contributed by atoms with Gasteiger partial charge in [-0.05, 0) is 35.9 Å². The molecule has 0 N–H and O–H groups in total. The predicted molar refractivity (Wildman–Crippen MR) is 104 cm³/mol. The topological polar surface area (TPSA) is 67.9 Å². The van der Waals surface area contributed by atoms with Crippen LogP contribution in [0.1, 0.15) is 15.9 Å². The average molecular weight is 367 g/mol. The second kappa shape index (κ2) is 8.44. The summed E-state index contributed by atoms with van der Waals surface area (Å²) in [6.45, 7) is 0. The van der Waals surface area contributed by atoms with E-state index < -0.39 is 5.82 Å². The molecule has 0 aliphatic carbocycles. The quantitative estimate of drug-likeness (QED) is 0.445. The third kappa shape index (κ3) is 3.95. The van der Waals surface area contributed by atoms with E-state index in [9.17, 15) is 19.7 Å². The molecule has 0 radical (unpaired) electrons. The molecule has 0 fully saturated rings. The fourth-order valence-corrected chi connectivity index (χ4v) is 2.73. The van der Waals surface area contributed by atoms with Crippen LogP contribution in [0.3, 0.4) is 0 Å². The second-order valence-corrected chi connectivity index (χ2v) is 5.83. The van der Waals surface area contributed by atoms with Gasteiger partial charge >= 0.3 is 0 Å². The van der Waals surface area contributed by atoms with Gasteiger partial charge in [0.15, 0.2) is 5.57 Å². The smallest absolute Gasteiger partial charge is 0.209 e. The zero-order valence-electron chi connectivity index (χ0n) is 14.7. The van der Waals surface area contributed by atoms with Crippen LogP contribution in [0, 0.1) is 28.5 Å². The Morgan fingerprint density at radius 2 is 1.75 bits per heavy atom. The number of halogens is 1. The SMILES string of the molecule is N#CC(C#N)=C1C=CC=CN1C(=Cc1cccc(F)c1)C(=O)c1ccccc1. The lowest BCUT2D eigenvalue weighted by molar-refractivity contribution is 0.101. The minimum absolute atomic E-state index is 0.133. The lowest BCUT2D eigenvalue weighted by atomic mass is 10.0. The highest BCUT2D eigenvalue weighted by molar-refractivity contribution is 6.11. The van der Waals surface area contributed by atoms with Crippen LogP contribution in [-0.4, -0.2) is 10.7 Å². The first-order valence-electron chi connectivity index (χ1n) is 8.39. The number of carbonyl (C=O) groups is 1. The van der Waals surface area contributed by atoms with E-state index in [-0.39, 0.29) is 22.8 Å². The number of benzene rings is 2. The lowest BCUT2D eigenvalue weighted by Gasteiger charge is -2.26. The molecule has 1 heterocycles. The summed E-state index contributed by atoms with van der Waals surface area (Å²) in [5.41, 5.74) is 1.25. The molecular weight excluding hydrogens is 353 g/mol. The molecule has 0 spiro atoms. The first-order chi connectivity index (χ1) is 13.6. The molecule has 5 heteroatoms. The van der Waals surface area contributed by atoms with Gasteiger partial charge in [-0.1, -0.05) is 48.5 Å². The largest absolute Gasteiger partial charge is 0.312 e. The Morgan fingerprint density at radius 3 is 2.43 bits per heavy atom. The molecule has 28 heavy (non-hydrogen) atoms. The van der Waals surface area contributed by atoms with Crippen molar-refractivity contribution < 1.29 is 9.18 Å². The molecule has 2 aromatic carbocycles. The number of allylic oxidation sites excluding steroid dienone is 5. The molecule has 0 bridgehead atoms. The molecule has 0 saturated carbocycles. The summed E-state index contributed by atoms with van der Waals surface area (Å²) in [7, 11) is 0. The van der Waals surface area contributed by atoms with Crippen molar-refractivity contribution in [2.45, 2.75) is 0 Å². The molecule has 0 aromatic heterocycles. The summed E-state index contributed by atoms with van der Waals surface area (Å²) in [5.74, 6) is -0.752. The third-order valence-corrected chi connectivity index (χ3v) is 4.02. The predicted octanol–water partition coefficient (Wildman–Crippen LogP) is 4.74. The van der Waals surface area contributed by atoms with Gasteiger partial charge in [0, 0.05) is 11.8 Å². The van der Waals surface area contributed by atoms with E-state index in [1.54, 1.807) is 66.9 Å². The van der Waals surface area contributed by atoms with E-state index in [0.29, 0.717) is 11.1 Å². The van der Waals surface area contributed by atoms with E-state index in [1.807, 2.05) is 12.1 Å². The monoisotopic (exact) mass is 367 g/mol. The summed E-state index contributed by atoms with van der Waals surface area (Å²) < 4.78 is 13.6. The van der Waals surface area contributed by atoms with Crippen LogP contribution < -0.4 is 0 Å². The van der Waals surface area contributed by atoms with Crippen LogP contribution in [0.15, 0.2) is 96.0 Å². The van der Waals surface area contributed by atoms with Gasteiger partial charge in [0.2, 0.25) is 5.78 Å². The number of nitrogens with zero attached hydrogens (tertiary/aromatic N) is 3. The van der Waals surface area contributed by atoms with E-state index in [2.05, 4.69) is 0 Å². The molecule has 0 unspecified atom stereocenters. The number of hydrogen-bond donors (Lipinski definition) is 0. The van der Waals surface area contributed by atoms with Gasteiger partial charge in [0.05, 0.1) is 11.4 Å². The summed E-state index contributed by atoms with van der Waals surface area (Å²) in [6, 6.07) is 18.2. The van der Waals surface area contributed by atoms with Crippen molar-refractivity contribution in [3.8, 4) is 12.1 Å². The van der Waals surface area contributed by atoms with E-state index in [1.165, 1.54) is 23.1 Å². The minimum Gasteiger partial charge on any atom is -0.312 e. The summed E-state index contributed by atoms with van der Waals surface area (Å²) >= 11 is 0. The Balaban J connectivity index is 2.19. The van der Waals surface area contributed by atoms with Gasteiger partial charge in [-0.2, -0.15) is 10.5 Å². The Morgan fingerprint density at radius 1 is 1.00 bits per heavy atom. The van der Waals surface area contributed by atoms with E-state index in [0.717, 1.165) is 0 Å². The summed E-state index contributed by atoms with van der Waals surface area (Å²) in [6.07, 6.45) is 8.07. The Hall–Kier alpha value is -4.22. The number of carbonyl (C=O) groups excluding carboxylic acids is 1. The van der Waals surface area contributed by atoms with Crippen LogP contribution in [0.4, 0.5) is 4.39 Å². The zero-order valence-corrected chi connectivity index (χ0v) is 14.7. The number of rotatable bonds is 4. The first kappa shape index (κ1) is 18.6. The van der Waals surface area contributed by atoms with Crippen molar-refractivity contribution in [2.75, 3.05) is 0 Å². The highest BCUT2D eigenvalue weighted by Gasteiger charge is 2.23. The van der Waals surface area contributed by atoms with Crippen molar-refractivity contribution in [1.82, 2.24) is 4.90 Å². The van der Waals surface area contributed by atoms with Crippen molar-refractivity contribution in [3.63, 3.8) is 0 Å². The maximum Gasteiger partial charge on any atom is 0.209 e. The molecule has 1 aliphatic rings. The van der Waals surface area contributed by atoms with Crippen LogP contribution in [0.5, 0.6) is 0 Å². The molecule has 2 aromatic rings. The minimum atomic E-state index is -0.431. The van der Waals surface area contributed by atoms with E-state index in [4.69, 9.17) is 0 Å². The number of hydrogen-bond acceptors (Lipinski definition) is 4. The standard InChI is InChI=1S/C23H14FN3O/c24-20-10-6-7-17(13-20)14-22(23(28)18-8-2-1-3-9-18)27-12-5-4-11-21(27)19(15-25)16-26/h1-14H. The van der Waals surface area contributed by atoms with Gasteiger partial charge in [0.1, 0.15) is 18.0 Å². The number of nitriles is 2. The van der Waals surface area contributed by atoms with Crippen LogP contribution in [-0.2, 0) is 0 Å². The number of ketones is 1. The average Bonchev–Trinajstić information content (AvgIpc) is 2.74. The highest BCUT2D eigenvalue weighted by atomic mass is 19.1. The van der Waals surface area contributed by atoms with Crippen molar-refractivity contribution in [2.24, 2.45) is 0 Å². The normalized spacial score (nSPS) is 13.0. The van der Waals surface area contributed by atoms with Gasteiger partial charge < -0.3 is 4.90 Å². The molecule has 4 nitrogen and oxygen atoms in total.